The molecule has 0 aliphatic heterocycles. The molecule has 0 saturated heterocycles. The van der Waals surface area contributed by atoms with Gasteiger partial charge in [0, 0.05) is 19.1 Å². The van der Waals surface area contributed by atoms with E-state index in [1.54, 1.807) is 6.20 Å². The fourth-order valence-electron chi connectivity index (χ4n) is 4.50. The molecule has 2 aliphatic carbocycles. The number of anilines is 1. The summed E-state index contributed by atoms with van der Waals surface area (Å²) < 4.78 is 1.82. The molecule has 1 fully saturated rings. The summed E-state index contributed by atoms with van der Waals surface area (Å²) in [7, 11) is 1.92. The number of allylic oxidation sites excluding steroid dienone is 2. The van der Waals surface area contributed by atoms with E-state index >= 15 is 0 Å². The Morgan fingerprint density at radius 3 is 2.41 bits per heavy atom. The quantitative estimate of drug-likeness (QED) is 0.444. The maximum atomic E-state index is 12.8. The number of carbonyl (C=O) groups is 1. The van der Waals surface area contributed by atoms with Gasteiger partial charge >= 0.3 is 0 Å². The van der Waals surface area contributed by atoms with Gasteiger partial charge in [0.15, 0.2) is 0 Å². The lowest BCUT2D eigenvalue weighted by molar-refractivity contribution is 0.0939. The first-order chi connectivity index (χ1) is 15.5. The summed E-state index contributed by atoms with van der Waals surface area (Å²) >= 11 is 0. The first-order valence-corrected chi connectivity index (χ1v) is 12.8. The Bertz CT molecular complexity index is 709. The van der Waals surface area contributed by atoms with E-state index in [0.29, 0.717) is 17.5 Å². The number of hydrogen-bond acceptors (Lipinski definition) is 3. The first-order valence-electron chi connectivity index (χ1n) is 12.8. The predicted molar refractivity (Wildman–Crippen MR) is 138 cm³/mol. The van der Waals surface area contributed by atoms with Gasteiger partial charge in [-0.3, -0.25) is 9.48 Å². The van der Waals surface area contributed by atoms with E-state index in [9.17, 15) is 4.79 Å². The van der Waals surface area contributed by atoms with Crippen LogP contribution < -0.4 is 10.6 Å². The number of carbonyl (C=O) groups excluding carboxylic acids is 1. The average Bonchev–Trinajstić information content (AvgIpc) is 3.40. The van der Waals surface area contributed by atoms with Gasteiger partial charge in [-0.2, -0.15) is 5.10 Å². The van der Waals surface area contributed by atoms with E-state index in [-0.39, 0.29) is 11.9 Å². The van der Waals surface area contributed by atoms with Crippen molar-refractivity contribution in [2.45, 2.75) is 111 Å². The molecule has 32 heavy (non-hydrogen) atoms. The van der Waals surface area contributed by atoms with Crippen LogP contribution in [0.1, 0.15) is 110 Å². The van der Waals surface area contributed by atoms with Gasteiger partial charge in [-0.05, 0) is 58.8 Å². The summed E-state index contributed by atoms with van der Waals surface area (Å²) in [4.78, 5) is 12.8. The summed E-state index contributed by atoms with van der Waals surface area (Å²) in [6, 6.07) is 0.651. The lowest BCUT2D eigenvalue weighted by atomic mass is 9.82. The highest BCUT2D eigenvalue weighted by Crippen LogP contribution is 2.31. The molecule has 2 aliphatic rings. The normalized spacial score (nSPS) is 19.3. The van der Waals surface area contributed by atoms with Gasteiger partial charge in [-0.15, -0.1) is 0 Å². The molecule has 0 spiro atoms. The molecule has 1 saturated carbocycles. The third kappa shape index (κ3) is 8.84. The van der Waals surface area contributed by atoms with E-state index in [0.717, 1.165) is 31.5 Å². The lowest BCUT2D eigenvalue weighted by Crippen LogP contribution is -2.35. The highest BCUT2D eigenvalue weighted by Gasteiger charge is 2.27. The topological polar surface area (TPSA) is 59.0 Å². The third-order valence-electron chi connectivity index (χ3n) is 6.31. The van der Waals surface area contributed by atoms with Crippen molar-refractivity contribution in [1.29, 1.82) is 0 Å². The molecule has 0 radical (unpaired) electrons. The number of rotatable bonds is 7. The van der Waals surface area contributed by atoms with E-state index < -0.39 is 0 Å². The molecule has 1 heterocycles. The summed E-state index contributed by atoms with van der Waals surface area (Å²) in [6.45, 7) is 12.4. The Morgan fingerprint density at radius 1 is 1.22 bits per heavy atom. The third-order valence-corrected chi connectivity index (χ3v) is 6.31. The van der Waals surface area contributed by atoms with Crippen LogP contribution in [-0.2, 0) is 7.05 Å². The Balaban J connectivity index is 0.000000769. The van der Waals surface area contributed by atoms with Crippen molar-refractivity contribution in [3.63, 3.8) is 0 Å². The van der Waals surface area contributed by atoms with E-state index in [2.05, 4.69) is 35.7 Å². The average molecular weight is 445 g/mol. The molecule has 3 rings (SSSR count). The van der Waals surface area contributed by atoms with Crippen LogP contribution in [0.25, 0.3) is 0 Å². The zero-order valence-electron chi connectivity index (χ0n) is 21.7. The van der Waals surface area contributed by atoms with Crippen molar-refractivity contribution < 1.29 is 4.79 Å². The van der Waals surface area contributed by atoms with Crippen LogP contribution in [0.15, 0.2) is 30.0 Å². The minimum absolute atomic E-state index is 0.00686. The molecule has 5 heteroatoms. The van der Waals surface area contributed by atoms with Crippen LogP contribution in [-0.4, -0.2) is 27.8 Å². The number of nitrogens with zero attached hydrogens (tertiary/aromatic N) is 2. The van der Waals surface area contributed by atoms with Crippen LogP contribution in [0.4, 0.5) is 5.82 Å². The van der Waals surface area contributed by atoms with Gasteiger partial charge in [0.05, 0.1) is 6.20 Å². The van der Waals surface area contributed by atoms with Gasteiger partial charge in [-0.1, -0.05) is 70.3 Å². The van der Waals surface area contributed by atoms with Crippen LogP contribution in [0.2, 0.25) is 0 Å². The smallest absolute Gasteiger partial charge is 0.256 e. The molecule has 2 N–H and O–H groups in total. The van der Waals surface area contributed by atoms with Crippen LogP contribution in [0.3, 0.4) is 0 Å². The molecule has 2 atom stereocenters. The molecule has 1 amide bonds. The molecular weight excluding hydrogens is 396 g/mol. The highest BCUT2D eigenvalue weighted by atomic mass is 16.1. The molecular formula is C27H48N4O. The molecule has 0 aromatic carbocycles. The predicted octanol–water partition coefficient (Wildman–Crippen LogP) is 7.03. The van der Waals surface area contributed by atoms with Crippen molar-refractivity contribution in [2.24, 2.45) is 13.0 Å². The Morgan fingerprint density at radius 2 is 1.88 bits per heavy atom. The van der Waals surface area contributed by atoms with Crippen molar-refractivity contribution in [2.75, 3.05) is 5.32 Å². The van der Waals surface area contributed by atoms with Crippen molar-refractivity contribution in [3.05, 3.63) is 35.6 Å². The molecule has 1 aromatic rings. The van der Waals surface area contributed by atoms with Gasteiger partial charge in [0.1, 0.15) is 11.4 Å². The number of aryl methyl sites for hydroxylation is 1. The summed E-state index contributed by atoms with van der Waals surface area (Å²) in [5, 5.41) is 11.3. The van der Waals surface area contributed by atoms with Gasteiger partial charge in [0.25, 0.3) is 5.91 Å². The van der Waals surface area contributed by atoms with Gasteiger partial charge in [0.2, 0.25) is 0 Å². The molecule has 5 nitrogen and oxygen atoms in total. The lowest BCUT2D eigenvalue weighted by Gasteiger charge is -2.31. The molecule has 182 valence electrons. The fourth-order valence-corrected chi connectivity index (χ4v) is 4.50. The first kappa shape index (κ1) is 28.0. The Kier molecular flexibility index (Phi) is 13.7. The van der Waals surface area contributed by atoms with Gasteiger partial charge in [-0.25, -0.2) is 0 Å². The molecule has 2 unspecified atom stereocenters. The zero-order valence-corrected chi connectivity index (χ0v) is 21.7. The highest BCUT2D eigenvalue weighted by molar-refractivity contribution is 5.99. The maximum Gasteiger partial charge on any atom is 0.256 e. The summed E-state index contributed by atoms with van der Waals surface area (Å²) in [6.07, 6.45) is 18.7. The second-order valence-corrected chi connectivity index (χ2v) is 8.80. The second-order valence-electron chi connectivity index (χ2n) is 8.80. The van der Waals surface area contributed by atoms with Gasteiger partial charge < -0.3 is 10.6 Å². The SMILES string of the molecule is C/C=C\C.CC.CCCC(Nc1c(C(=O)NC2CC=C(C)C2)cnn1C)C1CCCCC1. The zero-order chi connectivity index (χ0) is 23.9. The second kappa shape index (κ2) is 15.7. The molecule has 1 aromatic heterocycles. The number of amides is 1. The minimum Gasteiger partial charge on any atom is -0.367 e. The van der Waals surface area contributed by atoms with Crippen LogP contribution in [0, 0.1) is 5.92 Å². The summed E-state index contributed by atoms with van der Waals surface area (Å²) in [5.41, 5.74) is 2.04. The maximum absolute atomic E-state index is 12.8. The Labute approximate surface area is 197 Å². The minimum atomic E-state index is -0.00686. The standard InChI is InChI=1S/C21H34N4O.C4H8.C2H6/c1-4-8-19(16-9-6-5-7-10-16)24-20-18(14-22-25(20)3)21(26)23-17-12-11-15(2)13-17;1-3-4-2;1-2/h11,14,16-17,19,24H,4-10,12-13H2,1-3H3,(H,23,26);3-4H,1-2H3;1-2H3/b;4-3-;. The molecule has 0 bridgehead atoms. The van der Waals surface area contributed by atoms with Crippen molar-refractivity contribution in [3.8, 4) is 0 Å². The van der Waals surface area contributed by atoms with E-state index in [1.165, 1.54) is 37.7 Å². The van der Waals surface area contributed by atoms with Crippen LogP contribution >= 0.6 is 0 Å². The monoisotopic (exact) mass is 444 g/mol. The van der Waals surface area contributed by atoms with E-state index in [4.69, 9.17) is 0 Å². The van der Waals surface area contributed by atoms with Crippen LogP contribution in [0.5, 0.6) is 0 Å². The number of nitrogens with one attached hydrogen (secondary N) is 2. The Hall–Kier alpha value is -2.04. The van der Waals surface area contributed by atoms with Crippen molar-refractivity contribution >= 4 is 11.7 Å². The largest absolute Gasteiger partial charge is 0.367 e. The number of aromatic nitrogens is 2. The van der Waals surface area contributed by atoms with E-state index in [1.807, 2.05) is 51.6 Å². The van der Waals surface area contributed by atoms with Crippen molar-refractivity contribution in [1.82, 2.24) is 15.1 Å². The number of hydrogen-bond donors (Lipinski definition) is 2. The fraction of sp³-hybridized carbons (Fsp3) is 0.704. The summed E-state index contributed by atoms with van der Waals surface area (Å²) in [5.74, 6) is 1.57.